The molecule has 3 heterocycles. The molecule has 1 aliphatic heterocycles. The average Bonchev–Trinajstić information content (AvgIpc) is 3.24. The molecule has 0 aliphatic carbocycles. The van der Waals surface area contributed by atoms with Gasteiger partial charge in [0.1, 0.15) is 0 Å². The summed E-state index contributed by atoms with van der Waals surface area (Å²) in [6, 6.07) is 15.4. The Morgan fingerprint density at radius 3 is 2.38 bits per heavy atom. The first-order valence-electron chi connectivity index (χ1n) is 10.1. The highest BCUT2D eigenvalue weighted by Crippen LogP contribution is 2.23. The number of benzene rings is 1. The third-order valence-electron chi connectivity index (χ3n) is 5.21. The predicted octanol–water partition coefficient (Wildman–Crippen LogP) is 4.36. The van der Waals surface area contributed by atoms with Gasteiger partial charge in [-0.3, -0.25) is 9.59 Å². The summed E-state index contributed by atoms with van der Waals surface area (Å²) in [7, 11) is 1.58. The van der Waals surface area contributed by atoms with Gasteiger partial charge in [-0.1, -0.05) is 41.9 Å². The maximum atomic E-state index is 12.6. The van der Waals surface area contributed by atoms with Gasteiger partial charge >= 0.3 is 11.8 Å². The van der Waals surface area contributed by atoms with Crippen LogP contribution in [0.15, 0.2) is 60.8 Å². The highest BCUT2D eigenvalue weighted by atomic mass is 35.5. The molecule has 0 spiro atoms. The molecule has 0 atom stereocenters. The van der Waals surface area contributed by atoms with Crippen molar-refractivity contribution in [2.24, 2.45) is 0 Å². The third-order valence-corrected chi connectivity index (χ3v) is 6.40. The van der Waals surface area contributed by atoms with Crippen molar-refractivity contribution in [3.8, 4) is 17.0 Å². The van der Waals surface area contributed by atoms with Gasteiger partial charge in [0.05, 0.1) is 11.4 Å². The molecule has 32 heavy (non-hydrogen) atoms. The molecule has 0 bridgehead atoms. The van der Waals surface area contributed by atoms with Crippen LogP contribution in [0, 0.1) is 0 Å². The summed E-state index contributed by atoms with van der Waals surface area (Å²) in [6.07, 6.45) is 5.56. The van der Waals surface area contributed by atoms with Crippen LogP contribution in [0.1, 0.15) is 10.4 Å². The third kappa shape index (κ3) is 5.18. The maximum Gasteiger partial charge on any atom is 0.312 e. The number of nitrogens with zero attached hydrogens (tertiary/aromatic N) is 3. The zero-order valence-corrected chi connectivity index (χ0v) is 19.1. The summed E-state index contributed by atoms with van der Waals surface area (Å²) >= 11 is 7.40. The molecule has 0 radical (unpaired) electrons. The summed E-state index contributed by atoms with van der Waals surface area (Å²) in [5.74, 6) is -0.364. The molecule has 4 rings (SSSR count). The van der Waals surface area contributed by atoms with Crippen molar-refractivity contribution >= 4 is 40.8 Å². The lowest BCUT2D eigenvalue weighted by molar-refractivity contribution is -0.156. The van der Waals surface area contributed by atoms with E-state index in [1.807, 2.05) is 60.7 Å². The standard InChI is InChI=1S/C24H22ClN3O3S/c1-31-22-11-8-19(15-26-22)18-6-4-17(5-7-18)16-28-14-13-27(23(29)24(28)30)12-2-3-20-9-10-21(25)32-20/h2-11,15H,12-14,16H2,1H3. The van der Waals surface area contributed by atoms with Gasteiger partial charge < -0.3 is 14.5 Å². The van der Waals surface area contributed by atoms with Crippen LogP contribution in [0.3, 0.4) is 0 Å². The number of methoxy groups -OCH3 is 1. The van der Waals surface area contributed by atoms with Crippen molar-refractivity contribution in [2.75, 3.05) is 26.7 Å². The van der Waals surface area contributed by atoms with E-state index in [-0.39, 0.29) is 0 Å². The Morgan fingerprint density at radius 1 is 1.00 bits per heavy atom. The highest BCUT2D eigenvalue weighted by molar-refractivity contribution is 7.16. The van der Waals surface area contributed by atoms with Crippen LogP contribution in [0.2, 0.25) is 4.34 Å². The van der Waals surface area contributed by atoms with Crippen LogP contribution in [-0.2, 0) is 16.1 Å². The monoisotopic (exact) mass is 467 g/mol. The molecule has 1 fully saturated rings. The van der Waals surface area contributed by atoms with Gasteiger partial charge in [-0.2, -0.15) is 0 Å². The number of carbonyl (C=O) groups is 2. The fraction of sp³-hybridized carbons (Fsp3) is 0.208. The number of carbonyl (C=O) groups excluding carboxylic acids is 2. The normalized spacial score (nSPS) is 14.4. The maximum absolute atomic E-state index is 12.6. The highest BCUT2D eigenvalue weighted by Gasteiger charge is 2.31. The fourth-order valence-electron chi connectivity index (χ4n) is 3.45. The lowest BCUT2D eigenvalue weighted by atomic mass is 10.1. The number of halogens is 1. The molecule has 3 aromatic rings. The smallest absolute Gasteiger partial charge is 0.312 e. The summed E-state index contributed by atoms with van der Waals surface area (Å²) in [4.78, 5) is 33.5. The van der Waals surface area contributed by atoms with E-state index in [1.54, 1.807) is 23.1 Å². The summed E-state index contributed by atoms with van der Waals surface area (Å²) < 4.78 is 5.81. The Balaban J connectivity index is 1.33. The Labute approximate surface area is 195 Å². The number of pyridine rings is 1. The van der Waals surface area contributed by atoms with Crippen LogP contribution in [-0.4, -0.2) is 53.3 Å². The molecule has 8 heteroatoms. The summed E-state index contributed by atoms with van der Waals surface area (Å²) in [6.45, 7) is 1.82. The van der Waals surface area contributed by atoms with Crippen molar-refractivity contribution in [1.82, 2.24) is 14.8 Å². The second-order valence-corrected chi connectivity index (χ2v) is 9.05. The molecule has 1 aromatic carbocycles. The number of aromatic nitrogens is 1. The lowest BCUT2D eigenvalue weighted by Gasteiger charge is -2.33. The van der Waals surface area contributed by atoms with Crippen LogP contribution in [0.4, 0.5) is 0 Å². The molecule has 6 nitrogen and oxygen atoms in total. The minimum absolute atomic E-state index is 0.401. The van der Waals surface area contributed by atoms with E-state index in [0.29, 0.717) is 32.1 Å². The molecule has 1 saturated heterocycles. The van der Waals surface area contributed by atoms with E-state index in [2.05, 4.69) is 4.98 Å². The second kappa shape index (κ2) is 9.97. The Bertz CT molecular complexity index is 1130. The van der Waals surface area contributed by atoms with Crippen molar-refractivity contribution in [2.45, 2.75) is 6.54 Å². The molecule has 0 saturated carbocycles. The quantitative estimate of drug-likeness (QED) is 0.484. The Kier molecular flexibility index (Phi) is 6.87. The van der Waals surface area contributed by atoms with E-state index < -0.39 is 11.8 Å². The SMILES string of the molecule is COc1ccc(-c2ccc(CN3CCN(CC=Cc4ccc(Cl)s4)C(=O)C3=O)cc2)cn1. The van der Waals surface area contributed by atoms with Crippen molar-refractivity contribution in [1.29, 1.82) is 0 Å². The van der Waals surface area contributed by atoms with E-state index in [0.717, 1.165) is 25.9 Å². The number of thiophene rings is 1. The zero-order valence-electron chi connectivity index (χ0n) is 17.5. The number of hydrogen-bond acceptors (Lipinski definition) is 5. The number of hydrogen-bond donors (Lipinski definition) is 0. The van der Waals surface area contributed by atoms with Gasteiger partial charge in [0.2, 0.25) is 5.88 Å². The predicted molar refractivity (Wildman–Crippen MR) is 127 cm³/mol. The van der Waals surface area contributed by atoms with E-state index in [4.69, 9.17) is 16.3 Å². The minimum atomic E-state index is -0.467. The van der Waals surface area contributed by atoms with Gasteiger partial charge in [0, 0.05) is 48.9 Å². The molecular weight excluding hydrogens is 446 g/mol. The largest absolute Gasteiger partial charge is 0.481 e. The number of piperazine rings is 1. The molecule has 0 unspecified atom stereocenters. The van der Waals surface area contributed by atoms with E-state index in [1.165, 1.54) is 11.3 Å². The topological polar surface area (TPSA) is 62.7 Å². The minimum Gasteiger partial charge on any atom is -0.481 e. The summed E-state index contributed by atoms with van der Waals surface area (Å²) in [5.41, 5.74) is 2.98. The van der Waals surface area contributed by atoms with Crippen LogP contribution in [0.25, 0.3) is 17.2 Å². The van der Waals surface area contributed by atoms with Crippen LogP contribution in [0.5, 0.6) is 5.88 Å². The van der Waals surface area contributed by atoms with Crippen LogP contribution < -0.4 is 4.74 Å². The first kappa shape index (κ1) is 22.0. The average molecular weight is 468 g/mol. The molecule has 1 aliphatic rings. The first-order valence-corrected chi connectivity index (χ1v) is 11.3. The molecular formula is C24H22ClN3O3S. The summed E-state index contributed by atoms with van der Waals surface area (Å²) in [5, 5.41) is 0. The van der Waals surface area contributed by atoms with Crippen molar-refractivity contribution in [3.05, 3.63) is 75.6 Å². The molecule has 164 valence electrons. The van der Waals surface area contributed by atoms with Gasteiger partial charge in [-0.15, -0.1) is 11.3 Å². The van der Waals surface area contributed by atoms with E-state index >= 15 is 0 Å². The van der Waals surface area contributed by atoms with Gasteiger partial charge in [-0.25, -0.2) is 4.98 Å². The number of ether oxygens (including phenoxy) is 1. The number of rotatable bonds is 7. The molecule has 0 N–H and O–H groups in total. The number of amides is 2. The second-order valence-electron chi connectivity index (χ2n) is 7.31. The Morgan fingerprint density at radius 2 is 1.72 bits per heavy atom. The fourth-order valence-corrected chi connectivity index (χ4v) is 4.44. The first-order chi connectivity index (χ1) is 15.5. The van der Waals surface area contributed by atoms with E-state index in [9.17, 15) is 9.59 Å². The zero-order chi connectivity index (χ0) is 22.5. The lowest BCUT2D eigenvalue weighted by Crippen LogP contribution is -2.53. The van der Waals surface area contributed by atoms with Gasteiger partial charge in [0.25, 0.3) is 0 Å². The molecule has 2 aromatic heterocycles. The molecule has 2 amide bonds. The Hall–Kier alpha value is -3.16. The van der Waals surface area contributed by atoms with Gasteiger partial charge in [-0.05, 0) is 35.4 Å². The van der Waals surface area contributed by atoms with Crippen LogP contribution >= 0.6 is 22.9 Å². The van der Waals surface area contributed by atoms with Gasteiger partial charge in [0.15, 0.2) is 0 Å². The van der Waals surface area contributed by atoms with Crippen molar-refractivity contribution in [3.63, 3.8) is 0 Å². The van der Waals surface area contributed by atoms with Crippen molar-refractivity contribution < 1.29 is 14.3 Å².